The molecule has 0 aromatic heterocycles. The Kier molecular flexibility index (Phi) is 5.91. The number of nitrogens with zero attached hydrogens (tertiary/aromatic N) is 1. The summed E-state index contributed by atoms with van der Waals surface area (Å²) in [5, 5.41) is 3.22. The molecule has 0 radical (unpaired) electrons. The predicted molar refractivity (Wildman–Crippen MR) is 62.9 cm³/mol. The molecule has 90 valence electrons. The second-order valence-electron chi connectivity index (χ2n) is 3.68. The second-order valence-corrected chi connectivity index (χ2v) is 3.68. The third-order valence-electron chi connectivity index (χ3n) is 2.61. The Balaban J connectivity index is 2.48. The summed E-state index contributed by atoms with van der Waals surface area (Å²) in [6.07, 6.45) is 0.812. The lowest BCUT2D eigenvalue weighted by molar-refractivity contribution is -0.150. The lowest BCUT2D eigenvalue weighted by Crippen LogP contribution is -2.55. The molecule has 1 rings (SSSR count). The van der Waals surface area contributed by atoms with E-state index in [1.807, 2.05) is 13.8 Å². The van der Waals surface area contributed by atoms with E-state index in [9.17, 15) is 4.79 Å². The van der Waals surface area contributed by atoms with Crippen molar-refractivity contribution < 1.29 is 9.53 Å². The third kappa shape index (κ3) is 3.84. The predicted octanol–water partition coefficient (Wildman–Crippen LogP) is 0.237. The monoisotopic (exact) mass is 224 g/mol. The standard InChI is InChI=1S/C12H20N2O2/c1-3-5-6-8-14-9-7-13-10-11(14)12(15)16-4-2/h11,13H,4,6-10H2,1-2H3. The van der Waals surface area contributed by atoms with Crippen LogP contribution in [0.2, 0.25) is 0 Å². The van der Waals surface area contributed by atoms with Gasteiger partial charge in [-0.3, -0.25) is 9.69 Å². The molecule has 0 aliphatic carbocycles. The van der Waals surface area contributed by atoms with Crippen LogP contribution in [0.3, 0.4) is 0 Å². The molecule has 1 aliphatic heterocycles. The van der Waals surface area contributed by atoms with Crippen LogP contribution in [0.1, 0.15) is 20.3 Å². The molecule has 16 heavy (non-hydrogen) atoms. The van der Waals surface area contributed by atoms with Crippen LogP contribution in [0.15, 0.2) is 0 Å². The average Bonchev–Trinajstić information content (AvgIpc) is 2.30. The number of rotatable bonds is 4. The molecule has 1 heterocycles. The van der Waals surface area contributed by atoms with E-state index in [1.54, 1.807) is 0 Å². The quantitative estimate of drug-likeness (QED) is 0.548. The van der Waals surface area contributed by atoms with Gasteiger partial charge >= 0.3 is 5.97 Å². The SMILES string of the molecule is CC#CCCN1CCNCC1C(=O)OCC. The first-order chi connectivity index (χ1) is 7.79. The molecule has 1 atom stereocenters. The van der Waals surface area contributed by atoms with Gasteiger partial charge in [-0.25, -0.2) is 0 Å². The fourth-order valence-electron chi connectivity index (χ4n) is 1.81. The maximum atomic E-state index is 11.7. The summed E-state index contributed by atoms with van der Waals surface area (Å²) in [5.74, 6) is 5.77. The van der Waals surface area contributed by atoms with E-state index in [4.69, 9.17) is 4.74 Å². The molecule has 0 aromatic carbocycles. The van der Waals surface area contributed by atoms with Crippen molar-refractivity contribution in [1.82, 2.24) is 10.2 Å². The molecule has 4 nitrogen and oxygen atoms in total. The van der Waals surface area contributed by atoms with Crippen molar-refractivity contribution in [2.75, 3.05) is 32.8 Å². The second kappa shape index (κ2) is 7.26. The summed E-state index contributed by atoms with van der Waals surface area (Å²) >= 11 is 0. The minimum Gasteiger partial charge on any atom is -0.465 e. The number of carbonyl (C=O) groups is 1. The smallest absolute Gasteiger partial charge is 0.324 e. The van der Waals surface area contributed by atoms with Gasteiger partial charge < -0.3 is 10.1 Å². The Morgan fingerprint density at radius 2 is 2.44 bits per heavy atom. The molecule has 0 aromatic rings. The Morgan fingerprint density at radius 3 is 3.12 bits per heavy atom. The van der Waals surface area contributed by atoms with Crippen molar-refractivity contribution in [2.45, 2.75) is 26.3 Å². The molecule has 0 amide bonds. The van der Waals surface area contributed by atoms with E-state index < -0.39 is 0 Å². The van der Waals surface area contributed by atoms with Crippen LogP contribution in [0.5, 0.6) is 0 Å². The first kappa shape index (κ1) is 13.0. The van der Waals surface area contributed by atoms with Crippen molar-refractivity contribution in [3.63, 3.8) is 0 Å². The first-order valence-corrected chi connectivity index (χ1v) is 5.80. The van der Waals surface area contributed by atoms with Crippen LogP contribution in [0, 0.1) is 11.8 Å². The van der Waals surface area contributed by atoms with E-state index >= 15 is 0 Å². The number of esters is 1. The molecular formula is C12H20N2O2. The van der Waals surface area contributed by atoms with Gasteiger partial charge in [-0.15, -0.1) is 11.8 Å². The van der Waals surface area contributed by atoms with Gasteiger partial charge in [-0.05, 0) is 13.8 Å². The largest absolute Gasteiger partial charge is 0.465 e. The van der Waals surface area contributed by atoms with E-state index in [0.29, 0.717) is 13.2 Å². The Labute approximate surface area is 97.3 Å². The number of hydrogen-bond acceptors (Lipinski definition) is 4. The van der Waals surface area contributed by atoms with Crippen molar-refractivity contribution in [1.29, 1.82) is 0 Å². The van der Waals surface area contributed by atoms with Gasteiger partial charge in [0.1, 0.15) is 6.04 Å². The van der Waals surface area contributed by atoms with E-state index in [-0.39, 0.29) is 12.0 Å². The van der Waals surface area contributed by atoms with Gasteiger partial charge in [0, 0.05) is 32.6 Å². The van der Waals surface area contributed by atoms with Gasteiger partial charge in [0.05, 0.1) is 6.61 Å². The van der Waals surface area contributed by atoms with E-state index in [2.05, 4.69) is 22.1 Å². The first-order valence-electron chi connectivity index (χ1n) is 5.80. The molecule has 1 unspecified atom stereocenters. The van der Waals surface area contributed by atoms with E-state index in [1.165, 1.54) is 0 Å². The molecule has 1 aliphatic rings. The fraction of sp³-hybridized carbons (Fsp3) is 0.750. The third-order valence-corrected chi connectivity index (χ3v) is 2.61. The lowest BCUT2D eigenvalue weighted by atomic mass is 10.2. The molecule has 1 N–H and O–H groups in total. The topological polar surface area (TPSA) is 41.6 Å². The highest BCUT2D eigenvalue weighted by Crippen LogP contribution is 2.06. The normalized spacial score (nSPS) is 21.0. The summed E-state index contributed by atoms with van der Waals surface area (Å²) in [6, 6.07) is -0.146. The highest BCUT2D eigenvalue weighted by Gasteiger charge is 2.28. The number of nitrogens with one attached hydrogen (secondary N) is 1. The summed E-state index contributed by atoms with van der Waals surface area (Å²) in [5.41, 5.74) is 0. The number of piperazine rings is 1. The van der Waals surface area contributed by atoms with Crippen LogP contribution in [-0.2, 0) is 9.53 Å². The number of carbonyl (C=O) groups excluding carboxylic acids is 1. The van der Waals surface area contributed by atoms with Crippen molar-refractivity contribution in [3.05, 3.63) is 0 Å². The van der Waals surface area contributed by atoms with Crippen LogP contribution in [0.4, 0.5) is 0 Å². The summed E-state index contributed by atoms with van der Waals surface area (Å²) in [4.78, 5) is 13.9. The summed E-state index contributed by atoms with van der Waals surface area (Å²) in [7, 11) is 0. The molecule has 4 heteroatoms. The zero-order valence-electron chi connectivity index (χ0n) is 10.1. The Hall–Kier alpha value is -1.05. The van der Waals surface area contributed by atoms with Crippen LogP contribution in [0.25, 0.3) is 0 Å². The molecule has 0 bridgehead atoms. The molecule has 1 saturated heterocycles. The van der Waals surface area contributed by atoms with Crippen molar-refractivity contribution in [2.24, 2.45) is 0 Å². The van der Waals surface area contributed by atoms with Gasteiger partial charge in [0.15, 0.2) is 0 Å². The fourth-order valence-corrected chi connectivity index (χ4v) is 1.81. The summed E-state index contributed by atoms with van der Waals surface area (Å²) in [6.45, 7) is 7.44. The van der Waals surface area contributed by atoms with Crippen molar-refractivity contribution >= 4 is 5.97 Å². The maximum Gasteiger partial charge on any atom is 0.324 e. The zero-order valence-corrected chi connectivity index (χ0v) is 10.1. The van der Waals surface area contributed by atoms with E-state index in [0.717, 1.165) is 26.1 Å². The molecule has 0 saturated carbocycles. The van der Waals surface area contributed by atoms with Crippen LogP contribution < -0.4 is 5.32 Å². The zero-order chi connectivity index (χ0) is 11.8. The van der Waals surface area contributed by atoms with Crippen LogP contribution in [-0.4, -0.2) is 49.7 Å². The highest BCUT2D eigenvalue weighted by molar-refractivity contribution is 5.76. The summed E-state index contributed by atoms with van der Waals surface area (Å²) < 4.78 is 5.06. The molecule has 0 spiro atoms. The van der Waals surface area contributed by atoms with Gasteiger partial charge in [0.2, 0.25) is 0 Å². The minimum atomic E-state index is -0.146. The van der Waals surface area contributed by atoms with Gasteiger partial charge in [-0.2, -0.15) is 0 Å². The van der Waals surface area contributed by atoms with Crippen LogP contribution >= 0.6 is 0 Å². The Bertz CT molecular complexity index is 280. The number of ether oxygens (including phenoxy) is 1. The number of hydrogen-bond donors (Lipinski definition) is 1. The maximum absolute atomic E-state index is 11.7. The minimum absolute atomic E-state index is 0.126. The Morgan fingerprint density at radius 1 is 1.62 bits per heavy atom. The molecule has 1 fully saturated rings. The lowest BCUT2D eigenvalue weighted by Gasteiger charge is -2.33. The van der Waals surface area contributed by atoms with Crippen molar-refractivity contribution in [3.8, 4) is 11.8 Å². The van der Waals surface area contributed by atoms with Gasteiger partial charge in [-0.1, -0.05) is 0 Å². The average molecular weight is 224 g/mol. The molecular weight excluding hydrogens is 204 g/mol. The highest BCUT2D eigenvalue weighted by atomic mass is 16.5. The van der Waals surface area contributed by atoms with Gasteiger partial charge in [0.25, 0.3) is 0 Å².